The highest BCUT2D eigenvalue weighted by Gasteiger charge is 2.12. The van der Waals surface area contributed by atoms with Gasteiger partial charge in [0, 0.05) is 19.5 Å². The number of nitrogens with zero attached hydrogens (tertiary/aromatic N) is 2. The van der Waals surface area contributed by atoms with Crippen LogP contribution in [0.4, 0.5) is 0 Å². The van der Waals surface area contributed by atoms with Gasteiger partial charge in [0.05, 0.1) is 33.8 Å². The van der Waals surface area contributed by atoms with Crippen LogP contribution >= 0.6 is 0 Å². The first-order valence-electron chi connectivity index (χ1n) is 6.21. The summed E-state index contributed by atoms with van der Waals surface area (Å²) in [7, 11) is 4.55. The van der Waals surface area contributed by atoms with E-state index in [1.165, 1.54) is 25.9 Å². The maximum atomic E-state index is 8.92. The lowest BCUT2D eigenvalue weighted by molar-refractivity contribution is -0.888. The van der Waals surface area contributed by atoms with Gasteiger partial charge in [0.1, 0.15) is 0 Å². The zero-order valence-electron chi connectivity index (χ0n) is 11.0. The molecule has 0 aliphatic carbocycles. The van der Waals surface area contributed by atoms with Gasteiger partial charge in [-0.1, -0.05) is 6.92 Å². The number of aliphatic hydroxyl groups is 1. The minimum absolute atomic E-state index is 0.284. The van der Waals surface area contributed by atoms with Crippen LogP contribution in [-0.2, 0) is 0 Å². The Labute approximate surface area is 95.3 Å². The van der Waals surface area contributed by atoms with Crippen molar-refractivity contribution in [1.82, 2.24) is 4.90 Å². The zero-order valence-corrected chi connectivity index (χ0v) is 11.0. The summed E-state index contributed by atoms with van der Waals surface area (Å²) < 4.78 is 1.10. The predicted molar refractivity (Wildman–Crippen MR) is 66.0 cm³/mol. The molecule has 0 fully saturated rings. The van der Waals surface area contributed by atoms with Gasteiger partial charge < -0.3 is 14.5 Å². The van der Waals surface area contributed by atoms with Crippen LogP contribution in [0.2, 0.25) is 0 Å². The lowest BCUT2D eigenvalue weighted by Gasteiger charge is -2.29. The Morgan fingerprint density at radius 3 is 2.20 bits per heavy atom. The average Bonchev–Trinajstić information content (AvgIpc) is 2.18. The lowest BCUT2D eigenvalue weighted by Crippen LogP contribution is -2.41. The van der Waals surface area contributed by atoms with Crippen LogP contribution in [-0.4, -0.2) is 67.9 Å². The molecule has 0 spiro atoms. The summed E-state index contributed by atoms with van der Waals surface area (Å²) in [6, 6.07) is 0. The van der Waals surface area contributed by atoms with Crippen LogP contribution in [0.1, 0.15) is 26.7 Å². The van der Waals surface area contributed by atoms with Crippen molar-refractivity contribution >= 4 is 0 Å². The monoisotopic (exact) mass is 217 g/mol. The van der Waals surface area contributed by atoms with E-state index in [2.05, 4.69) is 32.8 Å². The van der Waals surface area contributed by atoms with Gasteiger partial charge in [-0.25, -0.2) is 0 Å². The smallest absolute Gasteiger partial charge is 0.0794 e. The van der Waals surface area contributed by atoms with E-state index in [0.717, 1.165) is 24.1 Å². The molecule has 0 aromatic rings. The van der Waals surface area contributed by atoms with E-state index >= 15 is 0 Å². The minimum Gasteiger partial charge on any atom is -0.395 e. The van der Waals surface area contributed by atoms with Gasteiger partial charge in [0.2, 0.25) is 0 Å². The third-order valence-corrected chi connectivity index (χ3v) is 3.05. The number of hydrogen-bond acceptors (Lipinski definition) is 2. The normalized spacial score (nSPS) is 12.4. The molecule has 15 heavy (non-hydrogen) atoms. The molecule has 3 nitrogen and oxygen atoms in total. The Morgan fingerprint density at radius 1 is 1.07 bits per heavy atom. The highest BCUT2D eigenvalue weighted by Crippen LogP contribution is 2.00. The van der Waals surface area contributed by atoms with Crippen molar-refractivity contribution < 1.29 is 9.59 Å². The Balaban J connectivity index is 3.69. The molecule has 0 radical (unpaired) electrons. The van der Waals surface area contributed by atoms with Crippen LogP contribution in [0.15, 0.2) is 0 Å². The molecule has 0 aromatic heterocycles. The number of rotatable bonds is 9. The van der Waals surface area contributed by atoms with E-state index in [-0.39, 0.29) is 6.61 Å². The van der Waals surface area contributed by atoms with Crippen LogP contribution in [0.5, 0.6) is 0 Å². The van der Waals surface area contributed by atoms with Crippen molar-refractivity contribution in [3.63, 3.8) is 0 Å². The maximum Gasteiger partial charge on any atom is 0.0794 e. The molecule has 0 amide bonds. The molecule has 0 aliphatic heterocycles. The highest BCUT2D eigenvalue weighted by molar-refractivity contribution is 4.56. The molecule has 0 aliphatic rings. The fourth-order valence-electron chi connectivity index (χ4n) is 1.67. The zero-order chi connectivity index (χ0) is 11.7. The molecule has 0 saturated carbocycles. The first-order valence-corrected chi connectivity index (χ1v) is 6.21. The average molecular weight is 217 g/mol. The van der Waals surface area contributed by atoms with Crippen molar-refractivity contribution in [3.05, 3.63) is 0 Å². The third-order valence-electron chi connectivity index (χ3n) is 3.05. The SMILES string of the molecule is CCCN(CCO)CCC[N+](C)(C)CC. The molecule has 0 rings (SSSR count). The summed E-state index contributed by atoms with van der Waals surface area (Å²) >= 11 is 0. The van der Waals surface area contributed by atoms with Gasteiger partial charge in [0.15, 0.2) is 0 Å². The largest absolute Gasteiger partial charge is 0.395 e. The topological polar surface area (TPSA) is 23.5 Å². The molecule has 0 unspecified atom stereocenters. The van der Waals surface area contributed by atoms with Crippen LogP contribution in [0.25, 0.3) is 0 Å². The summed E-state index contributed by atoms with van der Waals surface area (Å²) in [5.41, 5.74) is 0. The molecule has 0 saturated heterocycles. The minimum atomic E-state index is 0.284. The molecule has 0 heterocycles. The fourth-order valence-corrected chi connectivity index (χ4v) is 1.67. The van der Waals surface area contributed by atoms with Gasteiger partial charge in [-0.3, -0.25) is 0 Å². The van der Waals surface area contributed by atoms with Crippen molar-refractivity contribution in [3.8, 4) is 0 Å². The van der Waals surface area contributed by atoms with Gasteiger partial charge in [0.25, 0.3) is 0 Å². The molecular weight excluding hydrogens is 188 g/mol. The van der Waals surface area contributed by atoms with Gasteiger partial charge in [-0.2, -0.15) is 0 Å². The van der Waals surface area contributed by atoms with Crippen LogP contribution in [0.3, 0.4) is 0 Å². The Bertz CT molecular complexity index is 143. The first-order chi connectivity index (χ1) is 7.05. The van der Waals surface area contributed by atoms with E-state index < -0.39 is 0 Å². The second-order valence-corrected chi connectivity index (χ2v) is 4.89. The summed E-state index contributed by atoms with van der Waals surface area (Å²) in [5.74, 6) is 0. The Kier molecular flexibility index (Phi) is 8.02. The second kappa shape index (κ2) is 8.08. The van der Waals surface area contributed by atoms with E-state index in [0.29, 0.717) is 0 Å². The molecule has 1 N–H and O–H groups in total. The van der Waals surface area contributed by atoms with Crippen molar-refractivity contribution in [2.75, 3.05) is 53.4 Å². The summed E-state index contributed by atoms with van der Waals surface area (Å²) in [4.78, 5) is 2.36. The number of hydrogen-bond donors (Lipinski definition) is 1. The van der Waals surface area contributed by atoms with Gasteiger partial charge in [-0.05, 0) is 19.9 Å². The van der Waals surface area contributed by atoms with Crippen molar-refractivity contribution in [2.45, 2.75) is 26.7 Å². The van der Waals surface area contributed by atoms with E-state index in [4.69, 9.17) is 5.11 Å². The van der Waals surface area contributed by atoms with Crippen LogP contribution < -0.4 is 0 Å². The highest BCUT2D eigenvalue weighted by atomic mass is 16.3. The summed E-state index contributed by atoms with van der Waals surface area (Å²) in [6.45, 7) is 10.2. The molecule has 0 atom stereocenters. The van der Waals surface area contributed by atoms with E-state index in [1.54, 1.807) is 0 Å². The molecule has 0 aromatic carbocycles. The maximum absolute atomic E-state index is 8.92. The van der Waals surface area contributed by atoms with Gasteiger partial charge >= 0.3 is 0 Å². The van der Waals surface area contributed by atoms with Crippen LogP contribution in [0, 0.1) is 0 Å². The molecule has 0 bridgehead atoms. The Morgan fingerprint density at radius 2 is 1.73 bits per heavy atom. The summed E-state index contributed by atoms with van der Waals surface area (Å²) in [6.07, 6.45) is 2.40. The van der Waals surface area contributed by atoms with Crippen molar-refractivity contribution in [1.29, 1.82) is 0 Å². The predicted octanol–water partition coefficient (Wildman–Crippen LogP) is 1.18. The van der Waals surface area contributed by atoms with Crippen molar-refractivity contribution in [2.24, 2.45) is 0 Å². The van der Waals surface area contributed by atoms with Gasteiger partial charge in [-0.15, -0.1) is 0 Å². The molecule has 92 valence electrons. The standard InChI is InChI=1S/C12H29N2O/c1-5-8-13(10-12-15)9-7-11-14(3,4)6-2/h15H,5-12H2,1-4H3/q+1. The van der Waals surface area contributed by atoms with E-state index in [1.807, 2.05) is 0 Å². The Hall–Kier alpha value is -0.120. The second-order valence-electron chi connectivity index (χ2n) is 4.89. The first kappa shape index (κ1) is 14.9. The molecule has 3 heteroatoms. The van der Waals surface area contributed by atoms with E-state index in [9.17, 15) is 0 Å². The fraction of sp³-hybridized carbons (Fsp3) is 1.00. The third kappa shape index (κ3) is 7.77. The quantitative estimate of drug-likeness (QED) is 0.586. The summed E-state index contributed by atoms with van der Waals surface area (Å²) in [5, 5.41) is 8.92. The lowest BCUT2D eigenvalue weighted by atomic mass is 10.3. The number of aliphatic hydroxyl groups excluding tert-OH is 1. The number of quaternary nitrogens is 1. The molecular formula is C12H29N2O+.